The fraction of sp³-hybridized carbons (Fsp3) is 0.200. The van der Waals surface area contributed by atoms with Crippen molar-refractivity contribution < 1.29 is 8.78 Å². The summed E-state index contributed by atoms with van der Waals surface area (Å²) in [6.07, 6.45) is 0.385. The first-order valence-corrected chi connectivity index (χ1v) is 6.79. The molecule has 0 radical (unpaired) electrons. The molecule has 0 amide bonds. The summed E-state index contributed by atoms with van der Waals surface area (Å²) in [5.74, 6) is -1.63. The maximum atomic E-state index is 13.7. The second-order valence-electron chi connectivity index (χ2n) is 4.40. The van der Waals surface area contributed by atoms with Gasteiger partial charge >= 0.3 is 0 Å². The van der Waals surface area contributed by atoms with Crippen molar-refractivity contribution in [3.05, 3.63) is 69.7 Å². The highest BCUT2D eigenvalue weighted by Gasteiger charge is 2.15. The molecule has 19 heavy (non-hydrogen) atoms. The Hall–Kier alpha value is -1.26. The van der Waals surface area contributed by atoms with E-state index in [0.717, 1.165) is 16.1 Å². The van der Waals surface area contributed by atoms with E-state index in [1.807, 2.05) is 24.3 Å². The van der Waals surface area contributed by atoms with E-state index in [0.29, 0.717) is 18.5 Å². The Morgan fingerprint density at radius 1 is 1.11 bits per heavy atom. The minimum atomic E-state index is -0.817. The largest absolute Gasteiger partial charge is 0.330 e. The van der Waals surface area contributed by atoms with Crippen molar-refractivity contribution in [1.29, 1.82) is 0 Å². The number of rotatable bonds is 4. The summed E-state index contributed by atoms with van der Waals surface area (Å²) in [5, 5.41) is 0. The van der Waals surface area contributed by atoms with Gasteiger partial charge in [-0.05, 0) is 42.3 Å². The fourth-order valence-electron chi connectivity index (χ4n) is 2.07. The van der Waals surface area contributed by atoms with Gasteiger partial charge in [-0.15, -0.1) is 0 Å². The maximum absolute atomic E-state index is 13.7. The summed E-state index contributed by atoms with van der Waals surface area (Å²) in [6.45, 7) is 0.381. The lowest BCUT2D eigenvalue weighted by atomic mass is 9.92. The number of nitrogens with two attached hydrogens (primary N) is 1. The first-order chi connectivity index (χ1) is 9.11. The highest BCUT2D eigenvalue weighted by Crippen LogP contribution is 2.24. The molecule has 2 aromatic carbocycles. The van der Waals surface area contributed by atoms with Gasteiger partial charge in [0.25, 0.3) is 0 Å². The van der Waals surface area contributed by atoms with Gasteiger partial charge in [0.1, 0.15) is 0 Å². The predicted octanol–water partition coefficient (Wildman–Crippen LogP) is 4.01. The van der Waals surface area contributed by atoms with Crippen molar-refractivity contribution >= 4 is 15.9 Å². The third-order valence-corrected chi connectivity index (χ3v) is 3.60. The minimum Gasteiger partial charge on any atom is -0.330 e. The molecule has 1 nitrogen and oxygen atoms in total. The van der Waals surface area contributed by atoms with Gasteiger partial charge in [0.15, 0.2) is 11.6 Å². The molecule has 2 N–H and O–H groups in total. The molecule has 0 saturated heterocycles. The SMILES string of the molecule is NCC(Cc1cccc(F)c1F)c1cccc(Br)c1. The van der Waals surface area contributed by atoms with Crippen molar-refractivity contribution in [1.82, 2.24) is 0 Å². The molecule has 0 heterocycles. The highest BCUT2D eigenvalue weighted by molar-refractivity contribution is 9.10. The second kappa shape index (κ2) is 6.26. The van der Waals surface area contributed by atoms with Crippen LogP contribution in [0.5, 0.6) is 0 Å². The standard InChI is InChI=1S/C15H14BrF2N/c16-13-5-1-3-10(8-13)12(9-19)7-11-4-2-6-14(17)15(11)18/h1-6,8,12H,7,9,19H2. The Balaban J connectivity index is 2.26. The molecule has 2 aromatic rings. The van der Waals surface area contributed by atoms with Crippen molar-refractivity contribution in [2.24, 2.45) is 5.73 Å². The predicted molar refractivity (Wildman–Crippen MR) is 76.0 cm³/mol. The molecule has 100 valence electrons. The van der Waals surface area contributed by atoms with E-state index in [4.69, 9.17) is 5.73 Å². The summed E-state index contributed by atoms with van der Waals surface area (Å²) in [6, 6.07) is 12.0. The van der Waals surface area contributed by atoms with E-state index in [1.165, 1.54) is 6.07 Å². The molecule has 0 spiro atoms. The van der Waals surface area contributed by atoms with Crippen LogP contribution in [0.1, 0.15) is 17.0 Å². The van der Waals surface area contributed by atoms with Crippen LogP contribution in [0.4, 0.5) is 8.78 Å². The van der Waals surface area contributed by atoms with Crippen LogP contribution in [0.2, 0.25) is 0 Å². The first kappa shape index (κ1) is 14.2. The highest BCUT2D eigenvalue weighted by atomic mass is 79.9. The summed E-state index contributed by atoms with van der Waals surface area (Å²) in [7, 11) is 0. The smallest absolute Gasteiger partial charge is 0.162 e. The van der Waals surface area contributed by atoms with Crippen LogP contribution in [0.25, 0.3) is 0 Å². The minimum absolute atomic E-state index is 0.0335. The van der Waals surface area contributed by atoms with Crippen LogP contribution in [0, 0.1) is 11.6 Å². The average molecular weight is 326 g/mol. The van der Waals surface area contributed by atoms with Crippen LogP contribution < -0.4 is 5.73 Å². The summed E-state index contributed by atoms with van der Waals surface area (Å²) in [4.78, 5) is 0. The van der Waals surface area contributed by atoms with Crippen molar-refractivity contribution in [2.45, 2.75) is 12.3 Å². The topological polar surface area (TPSA) is 26.0 Å². The van der Waals surface area contributed by atoms with Crippen LogP contribution >= 0.6 is 15.9 Å². The Morgan fingerprint density at radius 3 is 2.53 bits per heavy atom. The molecule has 0 aliphatic rings. The molecular formula is C15H14BrF2N. The summed E-state index contributed by atoms with van der Waals surface area (Å²) < 4.78 is 27.8. The maximum Gasteiger partial charge on any atom is 0.162 e. The van der Waals surface area contributed by atoms with Gasteiger partial charge < -0.3 is 5.73 Å². The number of hydrogen-bond donors (Lipinski definition) is 1. The van der Waals surface area contributed by atoms with Gasteiger partial charge in [0, 0.05) is 10.4 Å². The third kappa shape index (κ3) is 3.39. The molecular weight excluding hydrogens is 312 g/mol. The van der Waals surface area contributed by atoms with Crippen LogP contribution in [0.3, 0.4) is 0 Å². The zero-order valence-corrected chi connectivity index (χ0v) is 11.8. The van der Waals surface area contributed by atoms with E-state index >= 15 is 0 Å². The Morgan fingerprint density at radius 2 is 1.84 bits per heavy atom. The van der Waals surface area contributed by atoms with Gasteiger partial charge in [0.2, 0.25) is 0 Å². The van der Waals surface area contributed by atoms with E-state index < -0.39 is 11.6 Å². The molecule has 1 unspecified atom stereocenters. The lowest BCUT2D eigenvalue weighted by Crippen LogP contribution is -2.16. The van der Waals surface area contributed by atoms with E-state index in [-0.39, 0.29) is 5.92 Å². The average Bonchev–Trinajstić information content (AvgIpc) is 2.40. The van der Waals surface area contributed by atoms with Gasteiger partial charge in [-0.2, -0.15) is 0 Å². The van der Waals surface area contributed by atoms with Crippen molar-refractivity contribution in [3.8, 4) is 0 Å². The van der Waals surface area contributed by atoms with Gasteiger partial charge in [0.05, 0.1) is 0 Å². The van der Waals surface area contributed by atoms with Crippen LogP contribution in [0.15, 0.2) is 46.9 Å². The van der Waals surface area contributed by atoms with Gasteiger partial charge in [-0.25, -0.2) is 8.78 Å². The lowest BCUT2D eigenvalue weighted by molar-refractivity contribution is 0.493. The molecule has 0 aromatic heterocycles. The normalized spacial score (nSPS) is 12.4. The zero-order chi connectivity index (χ0) is 13.8. The van der Waals surface area contributed by atoms with E-state index in [9.17, 15) is 8.78 Å². The first-order valence-electron chi connectivity index (χ1n) is 6.00. The molecule has 0 bridgehead atoms. The third-order valence-electron chi connectivity index (χ3n) is 3.10. The monoisotopic (exact) mass is 325 g/mol. The molecule has 0 aliphatic heterocycles. The molecule has 2 rings (SSSR count). The zero-order valence-electron chi connectivity index (χ0n) is 10.2. The fourth-order valence-corrected chi connectivity index (χ4v) is 2.49. The van der Waals surface area contributed by atoms with Crippen molar-refractivity contribution in [2.75, 3.05) is 6.54 Å². The molecule has 4 heteroatoms. The Kier molecular flexibility index (Phi) is 4.66. The summed E-state index contributed by atoms with van der Waals surface area (Å²) >= 11 is 3.40. The quantitative estimate of drug-likeness (QED) is 0.903. The number of halogens is 3. The second-order valence-corrected chi connectivity index (χ2v) is 5.32. The van der Waals surface area contributed by atoms with E-state index in [1.54, 1.807) is 6.07 Å². The van der Waals surface area contributed by atoms with Gasteiger partial charge in [-0.1, -0.05) is 40.2 Å². The number of hydrogen-bond acceptors (Lipinski definition) is 1. The summed E-state index contributed by atoms with van der Waals surface area (Å²) in [5.41, 5.74) is 7.13. The van der Waals surface area contributed by atoms with E-state index in [2.05, 4.69) is 15.9 Å². The molecule has 0 aliphatic carbocycles. The molecule has 1 atom stereocenters. The van der Waals surface area contributed by atoms with Crippen LogP contribution in [-0.2, 0) is 6.42 Å². The molecule has 0 saturated carbocycles. The van der Waals surface area contributed by atoms with Crippen molar-refractivity contribution in [3.63, 3.8) is 0 Å². The van der Waals surface area contributed by atoms with Gasteiger partial charge in [-0.3, -0.25) is 0 Å². The Bertz CT molecular complexity index is 572. The number of benzene rings is 2. The van der Waals surface area contributed by atoms with Crippen LogP contribution in [-0.4, -0.2) is 6.54 Å². The lowest BCUT2D eigenvalue weighted by Gasteiger charge is -2.16. The Labute approximate surface area is 119 Å². The molecule has 0 fully saturated rings.